The molecule has 1 aromatic heterocycles. The number of hydrogen-bond acceptors (Lipinski definition) is 3. The van der Waals surface area contributed by atoms with Crippen molar-refractivity contribution in [3.63, 3.8) is 0 Å². The average Bonchev–Trinajstić information content (AvgIpc) is 3.31. The summed E-state index contributed by atoms with van der Waals surface area (Å²) in [7, 11) is 1.74. The summed E-state index contributed by atoms with van der Waals surface area (Å²) in [5.41, 5.74) is 0.751. The number of hydrogen-bond donors (Lipinski definition) is 0. The van der Waals surface area contributed by atoms with E-state index < -0.39 is 0 Å². The fourth-order valence-corrected chi connectivity index (χ4v) is 4.39. The van der Waals surface area contributed by atoms with Crippen molar-refractivity contribution in [2.75, 3.05) is 13.1 Å². The molecular weight excluding hydrogens is 328 g/mol. The van der Waals surface area contributed by atoms with Gasteiger partial charge in [-0.05, 0) is 37.8 Å². The second kappa shape index (κ2) is 7.09. The summed E-state index contributed by atoms with van der Waals surface area (Å²) >= 11 is 0. The lowest BCUT2D eigenvalue weighted by Crippen LogP contribution is -2.38. The van der Waals surface area contributed by atoms with Crippen LogP contribution in [0.3, 0.4) is 0 Å². The zero-order valence-corrected chi connectivity index (χ0v) is 15.3. The summed E-state index contributed by atoms with van der Waals surface area (Å²) in [4.78, 5) is 27.1. The Morgan fingerprint density at radius 3 is 2.35 bits per heavy atom. The van der Waals surface area contributed by atoms with Crippen LogP contribution in [0.2, 0.25) is 0 Å². The monoisotopic (exact) mass is 354 g/mol. The van der Waals surface area contributed by atoms with E-state index in [4.69, 9.17) is 0 Å². The van der Waals surface area contributed by atoms with Crippen LogP contribution in [0.4, 0.5) is 0 Å². The van der Waals surface area contributed by atoms with Crippen molar-refractivity contribution in [3.8, 4) is 0 Å². The number of carbonyl (C=O) groups excluding carboxylic acids is 1. The van der Waals surface area contributed by atoms with Crippen molar-refractivity contribution in [3.05, 3.63) is 52.2 Å². The summed E-state index contributed by atoms with van der Waals surface area (Å²) in [6, 6.07) is 9.75. The molecule has 138 valence electrons. The lowest BCUT2D eigenvalue weighted by Gasteiger charge is -2.32. The molecule has 2 fully saturated rings. The smallest absolute Gasteiger partial charge is 0.339 e. The number of likely N-dealkylation sites (tertiary alicyclic amines) is 1. The van der Waals surface area contributed by atoms with Gasteiger partial charge in [-0.25, -0.2) is 9.48 Å². The van der Waals surface area contributed by atoms with Crippen molar-refractivity contribution >= 4 is 5.91 Å². The second-order valence-corrected chi connectivity index (χ2v) is 7.51. The van der Waals surface area contributed by atoms with E-state index in [0.29, 0.717) is 19.1 Å². The van der Waals surface area contributed by atoms with E-state index in [1.54, 1.807) is 7.05 Å². The Kier molecular flexibility index (Phi) is 4.66. The van der Waals surface area contributed by atoms with Gasteiger partial charge in [0.15, 0.2) is 0 Å². The molecule has 0 N–H and O–H groups in total. The number of piperidine rings is 1. The van der Waals surface area contributed by atoms with Gasteiger partial charge in [-0.1, -0.05) is 31.0 Å². The Bertz CT molecular complexity index is 825. The van der Waals surface area contributed by atoms with Crippen molar-refractivity contribution in [2.45, 2.75) is 50.5 Å². The van der Waals surface area contributed by atoms with Gasteiger partial charge >= 0.3 is 5.69 Å². The zero-order valence-electron chi connectivity index (χ0n) is 15.3. The minimum atomic E-state index is 0.00897. The number of nitrogens with zero attached hydrogens (tertiary/aromatic N) is 4. The van der Waals surface area contributed by atoms with Crippen molar-refractivity contribution in [1.29, 1.82) is 0 Å². The predicted octanol–water partition coefficient (Wildman–Crippen LogP) is 2.72. The molecule has 0 bridgehead atoms. The first-order valence-corrected chi connectivity index (χ1v) is 9.65. The summed E-state index contributed by atoms with van der Waals surface area (Å²) in [6.45, 7) is 1.43. The highest BCUT2D eigenvalue weighted by Crippen LogP contribution is 2.33. The van der Waals surface area contributed by atoms with Crippen LogP contribution in [-0.4, -0.2) is 38.2 Å². The summed E-state index contributed by atoms with van der Waals surface area (Å²) in [5.74, 6) is 1.28. The molecule has 4 rings (SSSR count). The van der Waals surface area contributed by atoms with E-state index in [9.17, 15) is 9.59 Å². The largest absolute Gasteiger partial charge is 0.345 e. The van der Waals surface area contributed by atoms with Gasteiger partial charge in [0.1, 0.15) is 5.82 Å². The normalized spacial score (nSPS) is 19.2. The minimum Gasteiger partial charge on any atom is -0.339 e. The molecule has 1 saturated carbocycles. The number of aromatic nitrogens is 3. The first-order chi connectivity index (χ1) is 12.6. The molecule has 2 aliphatic rings. The second-order valence-electron chi connectivity index (χ2n) is 7.51. The van der Waals surface area contributed by atoms with E-state index in [0.717, 1.165) is 37.1 Å². The van der Waals surface area contributed by atoms with Crippen molar-refractivity contribution in [2.24, 2.45) is 7.05 Å². The van der Waals surface area contributed by atoms with E-state index >= 15 is 0 Å². The Labute approximate surface area is 153 Å². The van der Waals surface area contributed by atoms with Crippen LogP contribution in [-0.2, 0) is 7.05 Å². The molecule has 0 spiro atoms. The Morgan fingerprint density at radius 1 is 1.04 bits per heavy atom. The molecule has 26 heavy (non-hydrogen) atoms. The van der Waals surface area contributed by atoms with Gasteiger partial charge in [0.05, 0.1) is 0 Å². The number of amides is 1. The highest BCUT2D eigenvalue weighted by Gasteiger charge is 2.31. The lowest BCUT2D eigenvalue weighted by atomic mass is 9.95. The molecule has 0 radical (unpaired) electrons. The Morgan fingerprint density at radius 2 is 1.69 bits per heavy atom. The van der Waals surface area contributed by atoms with E-state index in [2.05, 4.69) is 5.10 Å². The molecular formula is C20H26N4O2. The molecule has 6 heteroatoms. The lowest BCUT2D eigenvalue weighted by molar-refractivity contribution is 0.0709. The third-order valence-electron chi connectivity index (χ3n) is 5.84. The molecule has 1 aliphatic heterocycles. The minimum absolute atomic E-state index is 0.00897. The van der Waals surface area contributed by atoms with Gasteiger partial charge in [0.25, 0.3) is 5.91 Å². The van der Waals surface area contributed by atoms with Gasteiger partial charge < -0.3 is 4.90 Å². The fraction of sp³-hybridized carbons (Fsp3) is 0.550. The fourth-order valence-electron chi connectivity index (χ4n) is 4.39. The van der Waals surface area contributed by atoms with Crippen LogP contribution in [0.25, 0.3) is 0 Å². The third-order valence-corrected chi connectivity index (χ3v) is 5.84. The van der Waals surface area contributed by atoms with Gasteiger partial charge in [0.2, 0.25) is 0 Å². The first-order valence-electron chi connectivity index (χ1n) is 9.65. The Balaban J connectivity index is 1.49. The van der Waals surface area contributed by atoms with Gasteiger partial charge in [-0.15, -0.1) is 0 Å². The number of benzene rings is 1. The molecule has 0 atom stereocenters. The molecule has 6 nitrogen and oxygen atoms in total. The van der Waals surface area contributed by atoms with Gasteiger partial charge in [0, 0.05) is 37.7 Å². The quantitative estimate of drug-likeness (QED) is 0.851. The standard InChI is InChI=1S/C20H26N4O2/c1-22-20(26)24(17-9-5-6-10-17)18(21-22)15-11-13-23(14-12-15)19(25)16-7-3-2-4-8-16/h2-4,7-8,15,17H,5-6,9-14H2,1H3. The third kappa shape index (κ3) is 3.08. The highest BCUT2D eigenvalue weighted by atomic mass is 16.2. The number of carbonyl (C=O) groups is 1. The van der Waals surface area contributed by atoms with Crippen molar-refractivity contribution < 1.29 is 4.79 Å². The Hall–Kier alpha value is -2.37. The zero-order chi connectivity index (χ0) is 18.1. The molecule has 1 aliphatic carbocycles. The molecule has 1 saturated heterocycles. The molecule has 1 aromatic carbocycles. The van der Waals surface area contributed by atoms with Crippen LogP contribution in [0.1, 0.15) is 66.7 Å². The van der Waals surface area contributed by atoms with E-state index in [-0.39, 0.29) is 17.5 Å². The van der Waals surface area contributed by atoms with Crippen LogP contribution >= 0.6 is 0 Å². The maximum Gasteiger partial charge on any atom is 0.345 e. The SMILES string of the molecule is Cn1nc(C2CCN(C(=O)c3ccccc3)CC2)n(C2CCCC2)c1=O. The molecule has 0 unspecified atom stereocenters. The van der Waals surface area contributed by atoms with Crippen LogP contribution in [0.5, 0.6) is 0 Å². The predicted molar refractivity (Wildman–Crippen MR) is 99.3 cm³/mol. The molecule has 2 heterocycles. The van der Waals surface area contributed by atoms with Crippen LogP contribution in [0.15, 0.2) is 35.1 Å². The number of rotatable bonds is 3. The van der Waals surface area contributed by atoms with Crippen LogP contribution in [0, 0.1) is 0 Å². The van der Waals surface area contributed by atoms with E-state index in [1.165, 1.54) is 17.5 Å². The van der Waals surface area contributed by atoms with Gasteiger partial charge in [-0.3, -0.25) is 9.36 Å². The summed E-state index contributed by atoms with van der Waals surface area (Å²) < 4.78 is 3.43. The van der Waals surface area contributed by atoms with Gasteiger partial charge in [-0.2, -0.15) is 5.10 Å². The highest BCUT2D eigenvalue weighted by molar-refractivity contribution is 5.94. The topological polar surface area (TPSA) is 60.1 Å². The average molecular weight is 354 g/mol. The first kappa shape index (κ1) is 17.1. The molecule has 2 aromatic rings. The summed E-state index contributed by atoms with van der Waals surface area (Å²) in [6.07, 6.45) is 6.25. The molecule has 1 amide bonds. The summed E-state index contributed by atoms with van der Waals surface area (Å²) in [5, 5.41) is 4.57. The van der Waals surface area contributed by atoms with E-state index in [1.807, 2.05) is 39.8 Å². The maximum absolute atomic E-state index is 12.6. The van der Waals surface area contributed by atoms with Crippen molar-refractivity contribution in [1.82, 2.24) is 19.2 Å². The maximum atomic E-state index is 12.6. The van der Waals surface area contributed by atoms with Crippen LogP contribution < -0.4 is 5.69 Å². The number of aryl methyl sites for hydroxylation is 1.